The third-order valence-corrected chi connectivity index (χ3v) is 3.47. The molecular formula is C17H18N2O4. The molecule has 1 amide bonds. The van der Waals surface area contributed by atoms with Crippen LogP contribution in [-0.2, 0) is 6.42 Å². The molecule has 2 aromatic rings. The predicted octanol–water partition coefficient (Wildman–Crippen LogP) is 3.90. The zero-order valence-electron chi connectivity index (χ0n) is 12.8. The fourth-order valence-corrected chi connectivity index (χ4v) is 2.14. The molecule has 0 aromatic heterocycles. The van der Waals surface area contributed by atoms with E-state index >= 15 is 0 Å². The standard InChI is InChI=1S/C17H18N2O4/c1-2-3-4-12-5-7-13(8-6-12)17(21)18-15-11-14(19(22)23)9-10-16(15)20/h5-11,20H,2-4H2,1H3,(H,18,21). The molecule has 0 saturated carbocycles. The van der Waals surface area contributed by atoms with Gasteiger partial charge in [-0.1, -0.05) is 25.5 Å². The van der Waals surface area contributed by atoms with E-state index in [1.807, 2.05) is 12.1 Å². The Bertz CT molecular complexity index is 711. The van der Waals surface area contributed by atoms with Crippen LogP contribution in [0, 0.1) is 10.1 Å². The van der Waals surface area contributed by atoms with Crippen LogP contribution in [0.2, 0.25) is 0 Å². The Kier molecular flexibility index (Phi) is 5.30. The van der Waals surface area contributed by atoms with Gasteiger partial charge >= 0.3 is 0 Å². The average molecular weight is 314 g/mol. The van der Waals surface area contributed by atoms with Gasteiger partial charge in [-0.05, 0) is 36.6 Å². The van der Waals surface area contributed by atoms with Crippen molar-refractivity contribution >= 4 is 17.3 Å². The lowest BCUT2D eigenvalue weighted by molar-refractivity contribution is -0.384. The number of nitro groups is 1. The minimum absolute atomic E-state index is 0.0132. The highest BCUT2D eigenvalue weighted by Crippen LogP contribution is 2.28. The number of hydrogen-bond donors (Lipinski definition) is 2. The minimum Gasteiger partial charge on any atom is -0.506 e. The van der Waals surface area contributed by atoms with Crippen LogP contribution >= 0.6 is 0 Å². The third-order valence-electron chi connectivity index (χ3n) is 3.47. The zero-order chi connectivity index (χ0) is 16.8. The first-order valence-corrected chi connectivity index (χ1v) is 7.39. The molecule has 2 N–H and O–H groups in total. The lowest BCUT2D eigenvalue weighted by atomic mass is 10.1. The predicted molar refractivity (Wildman–Crippen MR) is 87.8 cm³/mol. The van der Waals surface area contributed by atoms with Crippen LogP contribution in [0.1, 0.15) is 35.7 Å². The molecule has 2 aromatic carbocycles. The van der Waals surface area contributed by atoms with Crippen molar-refractivity contribution in [3.05, 3.63) is 63.7 Å². The van der Waals surface area contributed by atoms with Gasteiger partial charge in [0, 0.05) is 17.7 Å². The fourth-order valence-electron chi connectivity index (χ4n) is 2.14. The maximum atomic E-state index is 12.2. The molecule has 0 atom stereocenters. The number of nitrogens with one attached hydrogen (secondary N) is 1. The number of aryl methyl sites for hydroxylation is 1. The first-order valence-electron chi connectivity index (χ1n) is 7.39. The Hall–Kier alpha value is -2.89. The van der Waals surface area contributed by atoms with Gasteiger partial charge in [0.15, 0.2) is 0 Å². The highest BCUT2D eigenvalue weighted by atomic mass is 16.6. The van der Waals surface area contributed by atoms with Gasteiger partial charge in [0.05, 0.1) is 10.6 Å². The number of phenolic OH excluding ortho intramolecular Hbond substituents is 1. The highest BCUT2D eigenvalue weighted by molar-refractivity contribution is 6.05. The second-order valence-corrected chi connectivity index (χ2v) is 5.21. The minimum atomic E-state index is -0.586. The van der Waals surface area contributed by atoms with Gasteiger partial charge in [-0.3, -0.25) is 14.9 Å². The Morgan fingerprint density at radius 2 is 1.91 bits per heavy atom. The number of carbonyl (C=O) groups excluding carboxylic acids is 1. The van der Waals surface area contributed by atoms with E-state index in [0.717, 1.165) is 30.9 Å². The fraction of sp³-hybridized carbons (Fsp3) is 0.235. The van der Waals surface area contributed by atoms with E-state index in [1.54, 1.807) is 12.1 Å². The number of rotatable bonds is 6. The highest BCUT2D eigenvalue weighted by Gasteiger charge is 2.13. The number of carbonyl (C=O) groups is 1. The smallest absolute Gasteiger partial charge is 0.271 e. The van der Waals surface area contributed by atoms with E-state index in [-0.39, 0.29) is 17.1 Å². The first kappa shape index (κ1) is 16.5. The van der Waals surface area contributed by atoms with Gasteiger partial charge in [0.25, 0.3) is 11.6 Å². The topological polar surface area (TPSA) is 92.5 Å². The number of anilines is 1. The van der Waals surface area contributed by atoms with Gasteiger partial charge in [-0.25, -0.2) is 0 Å². The monoisotopic (exact) mass is 314 g/mol. The summed E-state index contributed by atoms with van der Waals surface area (Å²) in [6.45, 7) is 2.12. The van der Waals surface area contributed by atoms with Gasteiger partial charge < -0.3 is 10.4 Å². The van der Waals surface area contributed by atoms with E-state index < -0.39 is 10.8 Å². The number of aromatic hydroxyl groups is 1. The molecule has 120 valence electrons. The molecule has 0 aliphatic rings. The molecular weight excluding hydrogens is 296 g/mol. The van der Waals surface area contributed by atoms with Crippen LogP contribution in [0.15, 0.2) is 42.5 Å². The number of unbranched alkanes of at least 4 members (excludes halogenated alkanes) is 1. The number of nitrogens with zero attached hydrogens (tertiary/aromatic N) is 1. The lowest BCUT2D eigenvalue weighted by Gasteiger charge is -2.08. The largest absolute Gasteiger partial charge is 0.506 e. The van der Waals surface area contributed by atoms with Crippen LogP contribution < -0.4 is 5.32 Å². The number of phenols is 1. The van der Waals surface area contributed by atoms with Crippen LogP contribution in [-0.4, -0.2) is 15.9 Å². The van der Waals surface area contributed by atoms with Crippen LogP contribution in [0.4, 0.5) is 11.4 Å². The quantitative estimate of drug-likeness (QED) is 0.480. The molecule has 23 heavy (non-hydrogen) atoms. The Balaban J connectivity index is 2.12. The van der Waals surface area contributed by atoms with Gasteiger partial charge in [-0.2, -0.15) is 0 Å². The van der Waals surface area contributed by atoms with E-state index in [9.17, 15) is 20.0 Å². The van der Waals surface area contributed by atoms with Crippen molar-refractivity contribution < 1.29 is 14.8 Å². The Labute approximate surface area is 133 Å². The van der Waals surface area contributed by atoms with Crippen LogP contribution in [0.3, 0.4) is 0 Å². The normalized spacial score (nSPS) is 10.3. The van der Waals surface area contributed by atoms with Crippen molar-refractivity contribution in [3.8, 4) is 5.75 Å². The molecule has 0 saturated heterocycles. The molecule has 0 spiro atoms. The summed E-state index contributed by atoms with van der Waals surface area (Å²) in [7, 11) is 0. The van der Waals surface area contributed by atoms with Crippen molar-refractivity contribution in [1.82, 2.24) is 0 Å². The van der Waals surface area contributed by atoms with Crippen molar-refractivity contribution in [3.63, 3.8) is 0 Å². The second-order valence-electron chi connectivity index (χ2n) is 5.21. The molecule has 6 heteroatoms. The average Bonchev–Trinajstić information content (AvgIpc) is 2.55. The molecule has 0 aliphatic heterocycles. The van der Waals surface area contributed by atoms with E-state index in [2.05, 4.69) is 12.2 Å². The van der Waals surface area contributed by atoms with Gasteiger partial charge in [0.2, 0.25) is 0 Å². The second kappa shape index (κ2) is 7.40. The first-order chi connectivity index (χ1) is 11.0. The number of benzene rings is 2. The maximum Gasteiger partial charge on any atom is 0.271 e. The van der Waals surface area contributed by atoms with E-state index in [4.69, 9.17) is 0 Å². The van der Waals surface area contributed by atoms with Crippen LogP contribution in [0.25, 0.3) is 0 Å². The Morgan fingerprint density at radius 3 is 2.52 bits per heavy atom. The van der Waals surface area contributed by atoms with Crippen molar-refractivity contribution in [2.45, 2.75) is 26.2 Å². The van der Waals surface area contributed by atoms with Gasteiger partial charge in [0.1, 0.15) is 5.75 Å². The third kappa shape index (κ3) is 4.29. The summed E-state index contributed by atoms with van der Waals surface area (Å²) in [5, 5.41) is 23.0. The van der Waals surface area contributed by atoms with Crippen molar-refractivity contribution in [2.24, 2.45) is 0 Å². The molecule has 0 bridgehead atoms. The summed E-state index contributed by atoms with van der Waals surface area (Å²) < 4.78 is 0. The lowest BCUT2D eigenvalue weighted by Crippen LogP contribution is -2.12. The Morgan fingerprint density at radius 1 is 1.22 bits per heavy atom. The maximum absolute atomic E-state index is 12.2. The van der Waals surface area contributed by atoms with Crippen molar-refractivity contribution in [2.75, 3.05) is 5.32 Å². The van der Waals surface area contributed by atoms with Crippen LogP contribution in [0.5, 0.6) is 5.75 Å². The summed E-state index contributed by atoms with van der Waals surface area (Å²) in [6.07, 6.45) is 3.16. The molecule has 2 rings (SSSR count). The zero-order valence-corrected chi connectivity index (χ0v) is 12.8. The van der Waals surface area contributed by atoms with Gasteiger partial charge in [-0.15, -0.1) is 0 Å². The van der Waals surface area contributed by atoms with E-state index in [1.165, 1.54) is 12.1 Å². The molecule has 0 radical (unpaired) electrons. The van der Waals surface area contributed by atoms with E-state index in [0.29, 0.717) is 5.56 Å². The summed E-state index contributed by atoms with van der Waals surface area (Å²) in [4.78, 5) is 22.4. The number of amides is 1. The molecule has 6 nitrogen and oxygen atoms in total. The number of nitro benzene ring substituents is 1. The molecule has 0 fully saturated rings. The summed E-state index contributed by atoms with van der Waals surface area (Å²) in [6, 6.07) is 10.7. The van der Waals surface area contributed by atoms with Crippen molar-refractivity contribution in [1.29, 1.82) is 0 Å². The molecule has 0 heterocycles. The summed E-state index contributed by atoms with van der Waals surface area (Å²) in [5.41, 5.74) is 1.39. The summed E-state index contributed by atoms with van der Waals surface area (Å²) >= 11 is 0. The number of non-ortho nitro benzene ring substituents is 1. The SMILES string of the molecule is CCCCc1ccc(C(=O)Nc2cc([N+](=O)[O-])ccc2O)cc1. The summed E-state index contributed by atoms with van der Waals surface area (Å²) in [5.74, 6) is -0.647. The molecule has 0 unspecified atom stereocenters. The molecule has 0 aliphatic carbocycles. The number of hydrogen-bond acceptors (Lipinski definition) is 4.